The van der Waals surface area contributed by atoms with Gasteiger partial charge in [-0.15, -0.1) is 13.2 Å². The molecule has 1 aromatic rings. The first-order valence-corrected chi connectivity index (χ1v) is 4.03. The molecule has 1 aromatic carbocycles. The Kier molecular flexibility index (Phi) is 3.07. The first-order chi connectivity index (χ1) is 7.09. The minimum atomic E-state index is -5.14. The first-order valence-electron chi connectivity index (χ1n) is 4.03. The second-order valence-corrected chi connectivity index (χ2v) is 3.05. The van der Waals surface area contributed by atoms with E-state index in [1.165, 1.54) is 6.92 Å². The van der Waals surface area contributed by atoms with Crippen molar-refractivity contribution in [1.29, 1.82) is 0 Å². The smallest absolute Gasteiger partial charge is 0.405 e. The van der Waals surface area contributed by atoms with E-state index < -0.39 is 23.9 Å². The van der Waals surface area contributed by atoms with E-state index in [4.69, 9.17) is 0 Å². The Balaban J connectivity index is 3.19. The summed E-state index contributed by atoms with van der Waals surface area (Å²) in [6, 6.07) is 2.35. The molecule has 0 saturated heterocycles. The predicted octanol–water partition coefficient (Wildman–Crippen LogP) is 3.91. The summed E-state index contributed by atoms with van der Waals surface area (Å²) in [7, 11) is 0. The van der Waals surface area contributed by atoms with Crippen LogP contribution in [0.3, 0.4) is 0 Å². The Morgan fingerprint density at radius 2 is 1.56 bits per heavy atom. The maximum atomic E-state index is 12.4. The Labute approximate surface area is 86.6 Å². The quantitative estimate of drug-likeness (QED) is 0.680. The van der Waals surface area contributed by atoms with Crippen molar-refractivity contribution < 1.29 is 31.1 Å². The highest BCUT2D eigenvalue weighted by Gasteiger charge is 2.39. The molecule has 0 aliphatic rings. The Bertz CT molecular complexity index is 379. The van der Waals surface area contributed by atoms with Crippen LogP contribution in [0.5, 0.6) is 5.75 Å². The number of rotatable bonds is 1. The van der Waals surface area contributed by atoms with E-state index in [9.17, 15) is 26.3 Å². The maximum Gasteiger partial charge on any atom is 0.573 e. The highest BCUT2D eigenvalue weighted by atomic mass is 19.4. The summed E-state index contributed by atoms with van der Waals surface area (Å²) in [6.07, 6.45) is -10.0. The van der Waals surface area contributed by atoms with Gasteiger partial charge >= 0.3 is 12.5 Å². The van der Waals surface area contributed by atoms with Crippen LogP contribution in [0, 0.1) is 6.92 Å². The fraction of sp³-hybridized carbons (Fsp3) is 0.333. The first kappa shape index (κ1) is 12.7. The summed E-state index contributed by atoms with van der Waals surface area (Å²) >= 11 is 0. The second kappa shape index (κ2) is 3.88. The van der Waals surface area contributed by atoms with Crippen LogP contribution in [0.15, 0.2) is 18.2 Å². The van der Waals surface area contributed by atoms with E-state index in [1.807, 2.05) is 0 Å². The van der Waals surface area contributed by atoms with Gasteiger partial charge in [0.2, 0.25) is 0 Å². The molecule has 0 heterocycles. The van der Waals surface area contributed by atoms with Crippen molar-refractivity contribution in [2.45, 2.75) is 19.5 Å². The fourth-order valence-corrected chi connectivity index (χ4v) is 1.08. The third-order valence-corrected chi connectivity index (χ3v) is 1.67. The number of hydrogen-bond acceptors (Lipinski definition) is 1. The number of hydrogen-bond donors (Lipinski definition) is 0. The lowest BCUT2D eigenvalue weighted by Crippen LogP contribution is -2.20. The van der Waals surface area contributed by atoms with E-state index in [2.05, 4.69) is 4.74 Å². The van der Waals surface area contributed by atoms with Gasteiger partial charge < -0.3 is 4.74 Å². The van der Waals surface area contributed by atoms with E-state index in [1.54, 1.807) is 0 Å². The van der Waals surface area contributed by atoms with Crippen LogP contribution >= 0.6 is 0 Å². The molecule has 90 valence electrons. The molecule has 0 bridgehead atoms. The molecular weight excluding hydrogens is 238 g/mol. The average Bonchev–Trinajstić information content (AvgIpc) is 2.04. The van der Waals surface area contributed by atoms with E-state index >= 15 is 0 Å². The van der Waals surface area contributed by atoms with E-state index in [0.717, 1.165) is 6.07 Å². The third-order valence-electron chi connectivity index (χ3n) is 1.67. The molecule has 0 aliphatic heterocycles. The molecule has 1 nitrogen and oxygen atoms in total. The maximum absolute atomic E-state index is 12.4. The van der Waals surface area contributed by atoms with Crippen LogP contribution in [0.25, 0.3) is 0 Å². The molecule has 0 unspecified atom stereocenters. The molecule has 0 saturated carbocycles. The van der Waals surface area contributed by atoms with Gasteiger partial charge in [-0.1, -0.05) is 11.6 Å². The van der Waals surface area contributed by atoms with Gasteiger partial charge in [0, 0.05) is 0 Å². The summed E-state index contributed by atoms with van der Waals surface area (Å²) in [4.78, 5) is 0. The molecule has 0 aliphatic carbocycles. The lowest BCUT2D eigenvalue weighted by molar-refractivity contribution is -0.276. The highest BCUT2D eigenvalue weighted by molar-refractivity contribution is 5.39. The molecule has 0 N–H and O–H groups in total. The van der Waals surface area contributed by atoms with Crippen molar-refractivity contribution in [3.8, 4) is 5.75 Å². The molecule has 1 rings (SSSR count). The van der Waals surface area contributed by atoms with Gasteiger partial charge in [-0.25, -0.2) is 0 Å². The lowest BCUT2D eigenvalue weighted by Gasteiger charge is -2.15. The molecular formula is C9H6F6O. The van der Waals surface area contributed by atoms with Crippen molar-refractivity contribution in [3.05, 3.63) is 29.3 Å². The van der Waals surface area contributed by atoms with Crippen LogP contribution in [0.4, 0.5) is 26.3 Å². The van der Waals surface area contributed by atoms with Crippen molar-refractivity contribution in [3.63, 3.8) is 0 Å². The molecule has 0 aromatic heterocycles. The molecule has 0 fully saturated rings. The summed E-state index contributed by atoms with van der Waals surface area (Å²) in [5, 5.41) is 0. The number of halogens is 6. The Morgan fingerprint density at radius 3 is 2.00 bits per heavy atom. The van der Waals surface area contributed by atoms with Gasteiger partial charge in [-0.2, -0.15) is 13.2 Å². The second-order valence-electron chi connectivity index (χ2n) is 3.05. The van der Waals surface area contributed by atoms with Gasteiger partial charge in [0.1, 0.15) is 5.75 Å². The van der Waals surface area contributed by atoms with Crippen molar-refractivity contribution in [1.82, 2.24) is 0 Å². The zero-order chi connectivity index (χ0) is 12.6. The van der Waals surface area contributed by atoms with Crippen molar-refractivity contribution in [2.75, 3.05) is 0 Å². The zero-order valence-electron chi connectivity index (χ0n) is 7.91. The highest BCUT2D eigenvalue weighted by Crippen LogP contribution is 2.38. The summed E-state index contributed by atoms with van der Waals surface area (Å²) in [6.45, 7) is 1.34. The normalized spacial score (nSPS) is 12.7. The van der Waals surface area contributed by atoms with Gasteiger partial charge in [0.25, 0.3) is 0 Å². The fourth-order valence-electron chi connectivity index (χ4n) is 1.08. The SMILES string of the molecule is Cc1ccc(OC(F)(F)F)c(C(F)(F)F)c1. The average molecular weight is 244 g/mol. The van der Waals surface area contributed by atoms with Gasteiger partial charge in [-0.05, 0) is 19.1 Å². The molecule has 0 atom stereocenters. The van der Waals surface area contributed by atoms with Crippen molar-refractivity contribution in [2.24, 2.45) is 0 Å². The van der Waals surface area contributed by atoms with Crippen LogP contribution in [-0.2, 0) is 6.18 Å². The van der Waals surface area contributed by atoms with Crippen LogP contribution in [0.2, 0.25) is 0 Å². The van der Waals surface area contributed by atoms with E-state index in [0.29, 0.717) is 12.1 Å². The van der Waals surface area contributed by atoms with Gasteiger partial charge in [0.05, 0.1) is 5.56 Å². The van der Waals surface area contributed by atoms with Crippen molar-refractivity contribution >= 4 is 0 Å². The Morgan fingerprint density at radius 1 is 1.00 bits per heavy atom. The summed E-state index contributed by atoms with van der Waals surface area (Å²) < 4.78 is 75.8. The molecule has 7 heteroatoms. The van der Waals surface area contributed by atoms with E-state index in [-0.39, 0.29) is 5.56 Å². The van der Waals surface area contributed by atoms with Gasteiger partial charge in [0.15, 0.2) is 0 Å². The third kappa shape index (κ3) is 3.32. The summed E-state index contributed by atoms with van der Waals surface area (Å²) in [5.41, 5.74) is -1.24. The van der Waals surface area contributed by atoms with Crippen LogP contribution < -0.4 is 4.74 Å². The minimum absolute atomic E-state index is 0.196. The molecule has 0 spiro atoms. The zero-order valence-corrected chi connectivity index (χ0v) is 7.91. The minimum Gasteiger partial charge on any atom is -0.405 e. The molecule has 0 amide bonds. The van der Waals surface area contributed by atoms with Gasteiger partial charge in [-0.3, -0.25) is 0 Å². The molecule has 0 radical (unpaired) electrons. The largest absolute Gasteiger partial charge is 0.573 e. The summed E-state index contributed by atoms with van der Waals surface area (Å²) in [5.74, 6) is -1.24. The number of aryl methyl sites for hydroxylation is 1. The topological polar surface area (TPSA) is 9.23 Å². The standard InChI is InChI=1S/C9H6F6O/c1-5-2-3-7(16-9(13,14)15)6(4-5)8(10,11)12/h2-4H,1H3. The van der Waals surface area contributed by atoms with Crippen LogP contribution in [-0.4, -0.2) is 6.36 Å². The predicted molar refractivity (Wildman–Crippen MR) is 42.9 cm³/mol. The van der Waals surface area contributed by atoms with Crippen LogP contribution in [0.1, 0.15) is 11.1 Å². The lowest BCUT2D eigenvalue weighted by atomic mass is 10.1. The molecule has 16 heavy (non-hydrogen) atoms. The monoisotopic (exact) mass is 244 g/mol. The number of ether oxygens (including phenoxy) is 1. The Hall–Kier alpha value is -1.40. The number of benzene rings is 1. The number of alkyl halides is 6.